The fraction of sp³-hybridized carbons (Fsp3) is 0.857. The van der Waals surface area contributed by atoms with Crippen molar-refractivity contribution in [3.63, 3.8) is 0 Å². The van der Waals surface area contributed by atoms with Crippen molar-refractivity contribution in [1.82, 2.24) is 4.90 Å². The highest BCUT2D eigenvalue weighted by atomic mass is 16.2. The Kier molecular flexibility index (Phi) is 4.45. The summed E-state index contributed by atoms with van der Waals surface area (Å²) in [6, 6.07) is 0.204. The smallest absolute Gasteiger partial charge is 0.237 e. The molecule has 108 valence electrons. The average Bonchev–Trinajstić information content (AvgIpc) is 2.83. The van der Waals surface area contributed by atoms with E-state index in [0.29, 0.717) is 13.0 Å². The van der Waals surface area contributed by atoms with Crippen LogP contribution >= 0.6 is 0 Å². The van der Waals surface area contributed by atoms with Gasteiger partial charge < -0.3 is 16.4 Å². The Morgan fingerprint density at radius 2 is 1.79 bits per heavy atom. The van der Waals surface area contributed by atoms with Crippen LogP contribution in [0.1, 0.15) is 51.4 Å². The Hall–Kier alpha value is -1.10. The van der Waals surface area contributed by atoms with Crippen LogP contribution < -0.4 is 11.5 Å². The average molecular weight is 267 g/mol. The second-order valence-corrected chi connectivity index (χ2v) is 6.16. The Morgan fingerprint density at radius 3 is 2.21 bits per heavy atom. The maximum Gasteiger partial charge on any atom is 0.237 e. The highest BCUT2D eigenvalue weighted by Crippen LogP contribution is 2.43. The number of nitrogens with two attached hydrogens (primary N) is 2. The monoisotopic (exact) mass is 267 g/mol. The lowest BCUT2D eigenvalue weighted by Crippen LogP contribution is -2.48. The van der Waals surface area contributed by atoms with E-state index in [1.54, 1.807) is 4.90 Å². The summed E-state index contributed by atoms with van der Waals surface area (Å²) < 4.78 is 0. The van der Waals surface area contributed by atoms with E-state index >= 15 is 0 Å². The number of rotatable bonds is 6. The SMILES string of the molecule is NCC1(CC(=O)N(CC(N)=O)C2CCCC2)CCC1. The van der Waals surface area contributed by atoms with Gasteiger partial charge in [0.05, 0.1) is 6.54 Å². The van der Waals surface area contributed by atoms with Crippen molar-refractivity contribution in [1.29, 1.82) is 0 Å². The Labute approximate surface area is 114 Å². The summed E-state index contributed by atoms with van der Waals surface area (Å²) >= 11 is 0. The zero-order valence-corrected chi connectivity index (χ0v) is 11.6. The van der Waals surface area contributed by atoms with Crippen molar-refractivity contribution < 1.29 is 9.59 Å². The highest BCUT2D eigenvalue weighted by molar-refractivity contribution is 5.84. The lowest BCUT2D eigenvalue weighted by atomic mass is 9.66. The van der Waals surface area contributed by atoms with Crippen LogP contribution in [0.4, 0.5) is 0 Å². The van der Waals surface area contributed by atoms with Gasteiger partial charge in [0.2, 0.25) is 11.8 Å². The van der Waals surface area contributed by atoms with Gasteiger partial charge in [-0.2, -0.15) is 0 Å². The molecule has 2 fully saturated rings. The minimum atomic E-state index is -0.421. The predicted molar refractivity (Wildman–Crippen MR) is 73.1 cm³/mol. The van der Waals surface area contributed by atoms with E-state index in [0.717, 1.165) is 44.9 Å². The molecule has 0 spiro atoms. The molecule has 19 heavy (non-hydrogen) atoms. The first kappa shape index (κ1) is 14.3. The molecule has 0 unspecified atom stereocenters. The van der Waals surface area contributed by atoms with Gasteiger partial charge in [0.1, 0.15) is 0 Å². The van der Waals surface area contributed by atoms with Gasteiger partial charge >= 0.3 is 0 Å². The van der Waals surface area contributed by atoms with Crippen LogP contribution in [0, 0.1) is 5.41 Å². The molecule has 5 nitrogen and oxygen atoms in total. The standard InChI is InChI=1S/C14H25N3O2/c15-10-14(6-3-7-14)8-13(19)17(9-12(16)18)11-4-1-2-5-11/h11H,1-10,15H2,(H2,16,18). The van der Waals surface area contributed by atoms with Crippen LogP contribution in [0.3, 0.4) is 0 Å². The van der Waals surface area contributed by atoms with Gasteiger partial charge in [-0.3, -0.25) is 9.59 Å². The Balaban J connectivity index is 2.00. The fourth-order valence-electron chi connectivity index (χ4n) is 3.36. The summed E-state index contributed by atoms with van der Waals surface area (Å²) in [5.74, 6) is -0.355. The normalized spacial score (nSPS) is 21.9. The van der Waals surface area contributed by atoms with Crippen LogP contribution in [0.15, 0.2) is 0 Å². The predicted octanol–water partition coefficient (Wildman–Crippen LogP) is 0.762. The number of hydrogen-bond acceptors (Lipinski definition) is 3. The summed E-state index contributed by atoms with van der Waals surface area (Å²) in [5, 5.41) is 0. The number of carbonyl (C=O) groups is 2. The number of hydrogen-bond donors (Lipinski definition) is 2. The molecule has 0 atom stereocenters. The molecule has 2 rings (SSSR count). The fourth-order valence-corrected chi connectivity index (χ4v) is 3.36. The molecule has 4 N–H and O–H groups in total. The summed E-state index contributed by atoms with van der Waals surface area (Å²) in [6.07, 6.45) is 7.96. The minimum Gasteiger partial charge on any atom is -0.368 e. The van der Waals surface area contributed by atoms with E-state index in [-0.39, 0.29) is 23.9 Å². The number of nitrogens with zero attached hydrogens (tertiary/aromatic N) is 1. The van der Waals surface area contributed by atoms with Crippen molar-refractivity contribution in [2.75, 3.05) is 13.1 Å². The molecule has 0 aromatic rings. The molecular formula is C14H25N3O2. The summed E-state index contributed by atoms with van der Waals surface area (Å²) in [4.78, 5) is 25.4. The molecule has 0 saturated heterocycles. The largest absolute Gasteiger partial charge is 0.368 e. The van der Waals surface area contributed by atoms with E-state index < -0.39 is 5.91 Å². The van der Waals surface area contributed by atoms with Gasteiger partial charge in [-0.25, -0.2) is 0 Å². The molecule has 0 aromatic carbocycles. The van der Waals surface area contributed by atoms with Crippen LogP contribution in [-0.4, -0.2) is 35.8 Å². The third-order valence-electron chi connectivity index (χ3n) is 4.79. The van der Waals surface area contributed by atoms with Crippen LogP contribution in [-0.2, 0) is 9.59 Å². The zero-order valence-electron chi connectivity index (χ0n) is 11.6. The quantitative estimate of drug-likeness (QED) is 0.744. The van der Waals surface area contributed by atoms with E-state index in [4.69, 9.17) is 11.5 Å². The molecule has 5 heteroatoms. The minimum absolute atomic E-state index is 0.00835. The van der Waals surface area contributed by atoms with Crippen molar-refractivity contribution in [3.05, 3.63) is 0 Å². The molecule has 0 bridgehead atoms. The molecule has 0 heterocycles. The molecule has 2 amide bonds. The molecule has 0 aromatic heterocycles. The number of carbonyl (C=O) groups excluding carboxylic acids is 2. The first-order valence-corrected chi connectivity index (χ1v) is 7.34. The van der Waals surface area contributed by atoms with Gasteiger partial charge in [0, 0.05) is 12.5 Å². The van der Waals surface area contributed by atoms with E-state index in [2.05, 4.69) is 0 Å². The summed E-state index contributed by atoms with van der Waals surface area (Å²) in [7, 11) is 0. The van der Waals surface area contributed by atoms with E-state index in [1.165, 1.54) is 0 Å². The van der Waals surface area contributed by atoms with Gasteiger partial charge in [0.25, 0.3) is 0 Å². The highest BCUT2D eigenvalue weighted by Gasteiger charge is 2.40. The molecule has 0 aliphatic heterocycles. The molecular weight excluding hydrogens is 242 g/mol. The van der Waals surface area contributed by atoms with Gasteiger partial charge in [0.15, 0.2) is 0 Å². The maximum absolute atomic E-state index is 12.5. The Bertz CT molecular complexity index is 341. The third-order valence-corrected chi connectivity index (χ3v) is 4.79. The number of primary amides is 1. The lowest BCUT2D eigenvalue weighted by Gasteiger charge is -2.42. The van der Waals surface area contributed by atoms with Gasteiger partial charge in [-0.1, -0.05) is 19.3 Å². The van der Waals surface area contributed by atoms with Gasteiger partial charge in [-0.15, -0.1) is 0 Å². The van der Waals surface area contributed by atoms with Gasteiger partial charge in [-0.05, 0) is 37.6 Å². The summed E-state index contributed by atoms with van der Waals surface area (Å²) in [5.41, 5.74) is 11.1. The van der Waals surface area contributed by atoms with Crippen molar-refractivity contribution in [2.24, 2.45) is 16.9 Å². The summed E-state index contributed by atoms with van der Waals surface area (Å²) in [6.45, 7) is 0.623. The number of amides is 2. The topological polar surface area (TPSA) is 89.4 Å². The first-order chi connectivity index (χ1) is 9.06. The first-order valence-electron chi connectivity index (χ1n) is 7.34. The van der Waals surface area contributed by atoms with E-state index in [9.17, 15) is 9.59 Å². The molecule has 2 aliphatic carbocycles. The van der Waals surface area contributed by atoms with Crippen LogP contribution in [0.5, 0.6) is 0 Å². The maximum atomic E-state index is 12.5. The second kappa shape index (κ2) is 5.90. The second-order valence-electron chi connectivity index (χ2n) is 6.16. The van der Waals surface area contributed by atoms with Crippen molar-refractivity contribution in [2.45, 2.75) is 57.4 Å². The molecule has 2 aliphatic rings. The van der Waals surface area contributed by atoms with Crippen molar-refractivity contribution in [3.8, 4) is 0 Å². The van der Waals surface area contributed by atoms with Crippen LogP contribution in [0.2, 0.25) is 0 Å². The van der Waals surface area contributed by atoms with E-state index in [1.807, 2.05) is 0 Å². The zero-order chi connectivity index (χ0) is 13.9. The molecule has 2 saturated carbocycles. The van der Waals surface area contributed by atoms with Crippen LogP contribution in [0.25, 0.3) is 0 Å². The molecule has 0 radical (unpaired) electrons. The Morgan fingerprint density at radius 1 is 1.16 bits per heavy atom. The van der Waals surface area contributed by atoms with Crippen molar-refractivity contribution >= 4 is 11.8 Å². The third kappa shape index (κ3) is 3.26. The lowest BCUT2D eigenvalue weighted by molar-refractivity contribution is -0.140.